The van der Waals surface area contributed by atoms with Gasteiger partial charge in [0, 0.05) is 18.5 Å². The molecule has 0 aromatic carbocycles. The molecule has 0 bridgehead atoms. The van der Waals surface area contributed by atoms with Gasteiger partial charge in [0.2, 0.25) is 0 Å². The molecule has 2 atom stereocenters. The minimum atomic E-state index is 0.302. The van der Waals surface area contributed by atoms with Crippen LogP contribution in [-0.4, -0.2) is 17.9 Å². The zero-order chi connectivity index (χ0) is 8.27. The molecule has 1 saturated heterocycles. The number of ketones is 1. The number of hydrogen-bond donors (Lipinski definition) is 1. The van der Waals surface area contributed by atoms with Crippen molar-refractivity contribution in [3.8, 4) is 0 Å². The van der Waals surface area contributed by atoms with Crippen molar-refractivity contribution in [1.29, 1.82) is 0 Å². The molecule has 1 rings (SSSR count). The van der Waals surface area contributed by atoms with Gasteiger partial charge in [-0.2, -0.15) is 0 Å². The van der Waals surface area contributed by atoms with Crippen molar-refractivity contribution in [1.82, 2.24) is 5.32 Å². The lowest BCUT2D eigenvalue weighted by atomic mass is 9.96. The summed E-state index contributed by atoms with van der Waals surface area (Å²) < 4.78 is 0. The molecule has 0 aromatic rings. The van der Waals surface area contributed by atoms with Crippen LogP contribution in [0.25, 0.3) is 0 Å². The van der Waals surface area contributed by atoms with Crippen molar-refractivity contribution < 1.29 is 4.79 Å². The first kappa shape index (κ1) is 8.72. The lowest BCUT2D eigenvalue weighted by Gasteiger charge is -2.27. The zero-order valence-corrected chi connectivity index (χ0v) is 7.39. The molecule has 2 nitrogen and oxygen atoms in total. The Morgan fingerprint density at radius 3 is 2.82 bits per heavy atom. The maximum atomic E-state index is 10.8. The molecule has 2 unspecified atom stereocenters. The first-order chi connectivity index (χ1) is 5.18. The first-order valence-corrected chi connectivity index (χ1v) is 4.44. The molecule has 0 radical (unpaired) electrons. The molecular weight excluding hydrogens is 138 g/mol. The van der Waals surface area contributed by atoms with Crippen molar-refractivity contribution >= 4 is 5.78 Å². The van der Waals surface area contributed by atoms with Crippen LogP contribution in [0.5, 0.6) is 0 Å². The fraction of sp³-hybridized carbons (Fsp3) is 0.889. The Morgan fingerprint density at radius 2 is 2.27 bits per heavy atom. The third kappa shape index (κ3) is 3.02. The van der Waals surface area contributed by atoms with Crippen LogP contribution < -0.4 is 5.32 Å². The summed E-state index contributed by atoms with van der Waals surface area (Å²) in [5.74, 6) is 0.302. The zero-order valence-electron chi connectivity index (χ0n) is 7.39. The largest absolute Gasteiger partial charge is 0.311 e. The van der Waals surface area contributed by atoms with Crippen LogP contribution in [0.1, 0.15) is 39.5 Å². The number of hydrogen-bond acceptors (Lipinski definition) is 2. The summed E-state index contributed by atoms with van der Waals surface area (Å²) in [6.07, 6.45) is 4.41. The summed E-state index contributed by atoms with van der Waals surface area (Å²) in [5.41, 5.74) is 0. The summed E-state index contributed by atoms with van der Waals surface area (Å²) in [6.45, 7) is 3.85. The van der Waals surface area contributed by atoms with Crippen molar-refractivity contribution in [3.05, 3.63) is 0 Å². The van der Waals surface area contributed by atoms with Crippen molar-refractivity contribution in [3.63, 3.8) is 0 Å². The average molecular weight is 155 g/mol. The van der Waals surface area contributed by atoms with Gasteiger partial charge >= 0.3 is 0 Å². The third-order valence-electron chi connectivity index (χ3n) is 2.24. The van der Waals surface area contributed by atoms with Crippen LogP contribution >= 0.6 is 0 Å². The minimum absolute atomic E-state index is 0.302. The summed E-state index contributed by atoms with van der Waals surface area (Å²) in [7, 11) is 0. The van der Waals surface area contributed by atoms with Crippen LogP contribution in [0, 0.1) is 0 Å². The Balaban J connectivity index is 2.28. The molecule has 0 spiro atoms. The molecule has 64 valence electrons. The maximum Gasteiger partial charge on any atom is 0.131 e. The highest BCUT2D eigenvalue weighted by Crippen LogP contribution is 2.14. The monoisotopic (exact) mass is 155 g/mol. The van der Waals surface area contributed by atoms with Crippen molar-refractivity contribution in [2.75, 3.05) is 0 Å². The number of nitrogens with one attached hydrogen (secondary N) is 1. The van der Waals surface area contributed by atoms with Gasteiger partial charge in [-0.25, -0.2) is 0 Å². The summed E-state index contributed by atoms with van der Waals surface area (Å²) >= 11 is 0. The van der Waals surface area contributed by atoms with Crippen molar-refractivity contribution in [2.24, 2.45) is 0 Å². The summed E-state index contributed by atoms with van der Waals surface area (Å²) in [4.78, 5) is 10.8. The topological polar surface area (TPSA) is 29.1 Å². The molecule has 0 amide bonds. The van der Waals surface area contributed by atoms with Gasteiger partial charge in [-0.1, -0.05) is 6.42 Å². The van der Waals surface area contributed by atoms with Gasteiger partial charge in [-0.05, 0) is 26.7 Å². The molecular formula is C9H17NO. The predicted molar refractivity (Wildman–Crippen MR) is 45.5 cm³/mol. The number of carbonyl (C=O) groups is 1. The number of piperidine rings is 1. The first-order valence-electron chi connectivity index (χ1n) is 4.44. The van der Waals surface area contributed by atoms with E-state index in [0.717, 1.165) is 0 Å². The Morgan fingerprint density at radius 1 is 1.55 bits per heavy atom. The molecule has 11 heavy (non-hydrogen) atoms. The van der Waals surface area contributed by atoms with Crippen LogP contribution in [0.4, 0.5) is 0 Å². The molecule has 0 aromatic heterocycles. The fourth-order valence-corrected chi connectivity index (χ4v) is 1.75. The van der Waals surface area contributed by atoms with Crippen LogP contribution in [0.3, 0.4) is 0 Å². The van der Waals surface area contributed by atoms with Crippen LogP contribution in [0.15, 0.2) is 0 Å². The molecule has 1 heterocycles. The summed E-state index contributed by atoms with van der Waals surface area (Å²) in [6, 6.07) is 1.06. The minimum Gasteiger partial charge on any atom is -0.311 e. The van der Waals surface area contributed by atoms with E-state index < -0.39 is 0 Å². The normalized spacial score (nSPS) is 31.8. The van der Waals surface area contributed by atoms with E-state index in [1.807, 2.05) is 0 Å². The smallest absolute Gasteiger partial charge is 0.131 e. The third-order valence-corrected chi connectivity index (χ3v) is 2.24. The lowest BCUT2D eigenvalue weighted by Crippen LogP contribution is -2.41. The molecule has 2 heteroatoms. The Hall–Kier alpha value is -0.370. The van der Waals surface area contributed by atoms with Gasteiger partial charge < -0.3 is 5.32 Å². The maximum absolute atomic E-state index is 10.8. The second-order valence-corrected chi connectivity index (χ2v) is 3.60. The molecule has 1 fully saturated rings. The Kier molecular flexibility index (Phi) is 3.06. The van der Waals surface area contributed by atoms with Crippen LogP contribution in [0.2, 0.25) is 0 Å². The molecule has 0 aliphatic carbocycles. The van der Waals surface area contributed by atoms with Gasteiger partial charge in [0.15, 0.2) is 0 Å². The fourth-order valence-electron chi connectivity index (χ4n) is 1.75. The van der Waals surface area contributed by atoms with E-state index in [-0.39, 0.29) is 0 Å². The molecule has 1 N–H and O–H groups in total. The second kappa shape index (κ2) is 3.86. The highest BCUT2D eigenvalue weighted by atomic mass is 16.1. The van der Waals surface area contributed by atoms with E-state index in [1.165, 1.54) is 19.3 Å². The second-order valence-electron chi connectivity index (χ2n) is 3.60. The number of rotatable bonds is 2. The van der Waals surface area contributed by atoms with Gasteiger partial charge in [0.25, 0.3) is 0 Å². The van der Waals surface area contributed by atoms with Crippen molar-refractivity contribution in [2.45, 2.75) is 51.6 Å². The van der Waals surface area contributed by atoms with Gasteiger partial charge in [-0.3, -0.25) is 4.79 Å². The number of carbonyl (C=O) groups excluding carboxylic acids is 1. The molecule has 1 aliphatic heterocycles. The van der Waals surface area contributed by atoms with Gasteiger partial charge in [0.1, 0.15) is 5.78 Å². The van der Waals surface area contributed by atoms with Crippen LogP contribution in [-0.2, 0) is 4.79 Å². The molecule has 0 saturated carbocycles. The Bertz CT molecular complexity index is 144. The highest BCUT2D eigenvalue weighted by Gasteiger charge is 2.18. The van der Waals surface area contributed by atoms with Gasteiger partial charge in [-0.15, -0.1) is 0 Å². The quantitative estimate of drug-likeness (QED) is 0.654. The molecule has 1 aliphatic rings. The lowest BCUT2D eigenvalue weighted by molar-refractivity contribution is -0.117. The SMILES string of the molecule is CC(=O)CC1CCCC(C)N1. The van der Waals surface area contributed by atoms with Gasteiger partial charge in [0.05, 0.1) is 0 Å². The van der Waals surface area contributed by atoms with E-state index in [2.05, 4.69) is 12.2 Å². The van der Waals surface area contributed by atoms with E-state index in [9.17, 15) is 4.79 Å². The van der Waals surface area contributed by atoms with E-state index in [4.69, 9.17) is 0 Å². The van der Waals surface area contributed by atoms with E-state index in [0.29, 0.717) is 24.3 Å². The average Bonchev–Trinajstić information content (AvgIpc) is 1.85. The van der Waals surface area contributed by atoms with E-state index in [1.54, 1.807) is 6.92 Å². The summed E-state index contributed by atoms with van der Waals surface area (Å²) in [5, 5.41) is 3.43. The Labute approximate surface area is 68.4 Å². The number of Topliss-reactive ketones (excluding diaryl/α,β-unsaturated/α-hetero) is 1. The van der Waals surface area contributed by atoms with E-state index >= 15 is 0 Å². The standard InChI is InChI=1S/C9H17NO/c1-7-4-3-5-9(10-7)6-8(2)11/h7,9-10H,3-6H2,1-2H3. The predicted octanol–water partition coefficient (Wildman–Crippen LogP) is 1.50. The highest BCUT2D eigenvalue weighted by molar-refractivity contribution is 5.76.